The van der Waals surface area contributed by atoms with Gasteiger partial charge in [-0.2, -0.15) is 0 Å². The van der Waals surface area contributed by atoms with Gasteiger partial charge < -0.3 is 9.52 Å². The second-order valence-electron chi connectivity index (χ2n) is 3.74. The third-order valence-corrected chi connectivity index (χ3v) is 4.44. The number of carboxylic acid groups (broad SMARTS) is 1. The Morgan fingerprint density at radius 1 is 1.53 bits per heavy atom. The van der Waals surface area contributed by atoms with Gasteiger partial charge in [-0.1, -0.05) is 0 Å². The first-order valence-corrected chi connectivity index (χ1v) is 7.46. The minimum absolute atomic E-state index is 0.147. The van der Waals surface area contributed by atoms with Gasteiger partial charge >= 0.3 is 5.97 Å². The van der Waals surface area contributed by atoms with Crippen molar-refractivity contribution in [2.75, 3.05) is 0 Å². The number of hydrogen-bond acceptors (Lipinski definition) is 5. The zero-order valence-electron chi connectivity index (χ0n) is 9.48. The van der Waals surface area contributed by atoms with Crippen LogP contribution >= 0.6 is 11.3 Å². The first kappa shape index (κ1) is 12.1. The summed E-state index contributed by atoms with van der Waals surface area (Å²) in [6, 6.07) is 2.71. The van der Waals surface area contributed by atoms with Crippen LogP contribution in [0.1, 0.15) is 16.2 Å². The van der Waals surface area contributed by atoms with E-state index < -0.39 is 16.8 Å². The first-order valence-electron chi connectivity index (χ1n) is 5.26. The summed E-state index contributed by atoms with van der Waals surface area (Å²) in [6.07, 6.45) is 3.67. The largest absolute Gasteiger partial charge is 0.475 e. The van der Waals surface area contributed by atoms with Crippen LogP contribution in [0.25, 0.3) is 4.96 Å². The normalized spacial score (nSPS) is 12.8. The summed E-state index contributed by atoms with van der Waals surface area (Å²) in [4.78, 5) is 15.8. The van der Waals surface area contributed by atoms with Gasteiger partial charge in [-0.15, -0.1) is 11.3 Å². The number of carboxylic acids is 1. The van der Waals surface area contributed by atoms with E-state index in [1.165, 1.54) is 23.5 Å². The van der Waals surface area contributed by atoms with Gasteiger partial charge in [-0.05, 0) is 12.1 Å². The molecule has 0 aromatic carbocycles. The van der Waals surface area contributed by atoms with Crippen molar-refractivity contribution in [1.82, 2.24) is 9.38 Å². The Labute approximate surface area is 113 Å². The fourth-order valence-corrected chi connectivity index (χ4v) is 3.28. The minimum Gasteiger partial charge on any atom is -0.475 e. The lowest BCUT2D eigenvalue weighted by Gasteiger charge is -1.94. The van der Waals surface area contributed by atoms with E-state index in [0.29, 0.717) is 5.69 Å². The van der Waals surface area contributed by atoms with E-state index in [4.69, 9.17) is 9.52 Å². The van der Waals surface area contributed by atoms with Crippen molar-refractivity contribution in [2.24, 2.45) is 0 Å². The van der Waals surface area contributed by atoms with Crippen LogP contribution in [0, 0.1) is 0 Å². The van der Waals surface area contributed by atoms with Gasteiger partial charge in [-0.3, -0.25) is 8.61 Å². The predicted octanol–water partition coefficient (Wildman–Crippen LogP) is 1.99. The van der Waals surface area contributed by atoms with Gasteiger partial charge in [0, 0.05) is 17.8 Å². The Balaban J connectivity index is 1.80. The van der Waals surface area contributed by atoms with E-state index in [1.807, 2.05) is 16.0 Å². The number of carbonyl (C=O) groups is 1. The molecule has 6 nitrogen and oxygen atoms in total. The number of nitrogens with zero attached hydrogens (tertiary/aromatic N) is 2. The van der Waals surface area contributed by atoms with Crippen molar-refractivity contribution < 1.29 is 18.5 Å². The van der Waals surface area contributed by atoms with Gasteiger partial charge in [0.2, 0.25) is 5.76 Å². The summed E-state index contributed by atoms with van der Waals surface area (Å²) in [7, 11) is -1.44. The molecule has 0 bridgehead atoms. The number of furan rings is 1. The smallest absolute Gasteiger partial charge is 0.371 e. The summed E-state index contributed by atoms with van der Waals surface area (Å²) in [5, 5.41) is 10.8. The lowest BCUT2D eigenvalue weighted by Crippen LogP contribution is -1.96. The summed E-state index contributed by atoms with van der Waals surface area (Å²) in [5.41, 5.74) is 0.679. The molecule has 19 heavy (non-hydrogen) atoms. The Bertz CT molecular complexity index is 742. The first-order chi connectivity index (χ1) is 9.13. The molecule has 1 unspecified atom stereocenters. The second-order valence-corrected chi connectivity index (χ2v) is 5.99. The maximum atomic E-state index is 12.0. The second kappa shape index (κ2) is 4.63. The van der Waals surface area contributed by atoms with E-state index >= 15 is 0 Å². The summed E-state index contributed by atoms with van der Waals surface area (Å²) >= 11 is 1.49. The molecule has 0 amide bonds. The number of rotatable bonds is 4. The summed E-state index contributed by atoms with van der Waals surface area (Å²) < 4.78 is 18.9. The van der Waals surface area contributed by atoms with E-state index in [9.17, 15) is 9.00 Å². The molecular formula is C11H8N2O4S2. The molecule has 3 rings (SSSR count). The van der Waals surface area contributed by atoms with Crippen molar-refractivity contribution in [2.45, 2.75) is 10.8 Å². The zero-order valence-corrected chi connectivity index (χ0v) is 11.1. The highest BCUT2D eigenvalue weighted by Crippen LogP contribution is 2.17. The molecule has 1 N–H and O–H groups in total. The average Bonchev–Trinajstić information content (AvgIpc) is 3.02. The average molecular weight is 296 g/mol. The molecule has 0 aliphatic heterocycles. The summed E-state index contributed by atoms with van der Waals surface area (Å²) in [5.74, 6) is -1.19. The quantitative estimate of drug-likeness (QED) is 0.796. The molecular weight excluding hydrogens is 288 g/mol. The summed E-state index contributed by atoms with van der Waals surface area (Å²) in [6.45, 7) is 0. The molecule has 0 aliphatic rings. The number of hydrogen-bond donors (Lipinski definition) is 1. The zero-order chi connectivity index (χ0) is 13.4. The van der Waals surface area contributed by atoms with Crippen LogP contribution in [-0.4, -0.2) is 24.7 Å². The number of aromatic nitrogens is 2. The molecule has 3 heterocycles. The minimum atomic E-state index is -1.44. The highest BCUT2D eigenvalue weighted by atomic mass is 32.2. The highest BCUT2D eigenvalue weighted by Gasteiger charge is 2.15. The Hall–Kier alpha value is -1.93. The van der Waals surface area contributed by atoms with Crippen LogP contribution in [0.5, 0.6) is 0 Å². The highest BCUT2D eigenvalue weighted by molar-refractivity contribution is 7.84. The molecule has 0 fully saturated rings. The van der Waals surface area contributed by atoms with Gasteiger partial charge in [0.15, 0.2) is 10.1 Å². The molecule has 1 atom stereocenters. The number of aromatic carboxylic acids is 1. The molecule has 0 saturated carbocycles. The third kappa shape index (κ3) is 2.32. The molecule has 0 aliphatic carbocycles. The number of imidazole rings is 1. The number of fused-ring (bicyclic) bond motifs is 1. The fourth-order valence-electron chi connectivity index (χ4n) is 1.61. The molecule has 3 aromatic heterocycles. The molecule has 98 valence electrons. The lowest BCUT2D eigenvalue weighted by molar-refractivity contribution is 0.0656. The van der Waals surface area contributed by atoms with Crippen LogP contribution < -0.4 is 0 Å². The van der Waals surface area contributed by atoms with E-state index in [-0.39, 0.29) is 16.6 Å². The van der Waals surface area contributed by atoms with Crippen LogP contribution in [-0.2, 0) is 16.6 Å². The predicted molar refractivity (Wildman–Crippen MR) is 68.8 cm³/mol. The van der Waals surface area contributed by atoms with E-state index in [2.05, 4.69) is 4.98 Å². The molecule has 8 heteroatoms. The van der Waals surface area contributed by atoms with Gasteiger partial charge in [0.25, 0.3) is 0 Å². The van der Waals surface area contributed by atoms with Gasteiger partial charge in [-0.25, -0.2) is 9.78 Å². The topological polar surface area (TPSA) is 84.8 Å². The standard InChI is InChI=1S/C11H8N2O4S2/c14-10(15)8-1-2-9(17-8)19(16)6-7-5-13-3-4-18-11(13)12-7/h1-5H,6H2,(H,14,15). The maximum absolute atomic E-state index is 12.0. The van der Waals surface area contributed by atoms with Crippen LogP contribution in [0.3, 0.4) is 0 Å². The number of thiazole rings is 1. The Kier molecular flexibility index (Phi) is 2.96. The fraction of sp³-hybridized carbons (Fsp3) is 0.0909. The lowest BCUT2D eigenvalue weighted by atomic mass is 10.5. The molecule has 0 spiro atoms. The van der Waals surface area contributed by atoms with Crippen LogP contribution in [0.2, 0.25) is 0 Å². The Morgan fingerprint density at radius 2 is 2.37 bits per heavy atom. The van der Waals surface area contributed by atoms with Crippen molar-refractivity contribution >= 4 is 33.1 Å². The third-order valence-electron chi connectivity index (χ3n) is 2.44. The molecule has 3 aromatic rings. The van der Waals surface area contributed by atoms with Crippen molar-refractivity contribution in [1.29, 1.82) is 0 Å². The molecule has 0 saturated heterocycles. The van der Waals surface area contributed by atoms with Gasteiger partial charge in [0.1, 0.15) is 0 Å². The monoisotopic (exact) mass is 296 g/mol. The van der Waals surface area contributed by atoms with Crippen LogP contribution in [0.4, 0.5) is 0 Å². The van der Waals surface area contributed by atoms with Gasteiger partial charge in [0.05, 0.1) is 22.2 Å². The van der Waals surface area contributed by atoms with Crippen molar-refractivity contribution in [3.63, 3.8) is 0 Å². The SMILES string of the molecule is O=C(O)c1ccc(S(=O)Cc2cn3ccsc3n2)o1. The van der Waals surface area contributed by atoms with E-state index in [0.717, 1.165) is 4.96 Å². The Morgan fingerprint density at radius 3 is 3.05 bits per heavy atom. The van der Waals surface area contributed by atoms with Crippen molar-refractivity contribution in [3.8, 4) is 0 Å². The van der Waals surface area contributed by atoms with E-state index in [1.54, 1.807) is 6.20 Å². The van der Waals surface area contributed by atoms with Crippen molar-refractivity contribution in [3.05, 3.63) is 41.4 Å². The maximum Gasteiger partial charge on any atom is 0.371 e. The molecule has 0 radical (unpaired) electrons. The van der Waals surface area contributed by atoms with Crippen LogP contribution in [0.15, 0.2) is 39.4 Å².